The van der Waals surface area contributed by atoms with E-state index in [2.05, 4.69) is 10.2 Å². The summed E-state index contributed by atoms with van der Waals surface area (Å²) in [6.45, 7) is 4.08. The van der Waals surface area contributed by atoms with Crippen molar-refractivity contribution in [2.45, 2.75) is 24.9 Å². The Morgan fingerprint density at radius 1 is 1.27 bits per heavy atom. The van der Waals surface area contributed by atoms with Crippen LogP contribution >= 0.6 is 24.8 Å². The lowest BCUT2D eigenvalue weighted by molar-refractivity contribution is -0.140. The average molecular weight is 408 g/mol. The quantitative estimate of drug-likeness (QED) is 0.830. The molecule has 0 saturated carbocycles. The van der Waals surface area contributed by atoms with Crippen molar-refractivity contribution < 1.29 is 13.9 Å². The van der Waals surface area contributed by atoms with Crippen molar-refractivity contribution in [2.75, 3.05) is 46.4 Å². The molecule has 2 heterocycles. The minimum absolute atomic E-state index is 0. The number of carbonyl (C=O) groups is 1. The SMILES string of the molecule is CNC1CCCN(C(=O)C(c2cccc(F)c2)N2CCOCC2)C1.Cl.Cl. The van der Waals surface area contributed by atoms with E-state index in [1.165, 1.54) is 12.1 Å². The van der Waals surface area contributed by atoms with Gasteiger partial charge in [-0.25, -0.2) is 4.39 Å². The Bertz CT molecular complexity index is 573. The Hall–Kier alpha value is -0.920. The van der Waals surface area contributed by atoms with Crippen molar-refractivity contribution in [2.24, 2.45) is 0 Å². The van der Waals surface area contributed by atoms with Crippen LogP contribution in [0.25, 0.3) is 0 Å². The number of amides is 1. The maximum atomic E-state index is 13.7. The van der Waals surface area contributed by atoms with Gasteiger partial charge in [-0.1, -0.05) is 12.1 Å². The Labute approximate surface area is 167 Å². The molecule has 8 heteroatoms. The number of likely N-dealkylation sites (N-methyl/N-ethyl adjacent to an activating group) is 1. The van der Waals surface area contributed by atoms with Crippen LogP contribution in [0.3, 0.4) is 0 Å². The first-order chi connectivity index (χ1) is 11.7. The molecule has 3 rings (SSSR count). The average Bonchev–Trinajstić information content (AvgIpc) is 2.63. The Balaban J connectivity index is 0.00000169. The lowest BCUT2D eigenvalue weighted by Crippen LogP contribution is -2.52. The van der Waals surface area contributed by atoms with E-state index in [0.29, 0.717) is 38.9 Å². The molecule has 2 unspecified atom stereocenters. The van der Waals surface area contributed by atoms with E-state index in [1.54, 1.807) is 6.07 Å². The molecule has 1 aromatic rings. The monoisotopic (exact) mass is 407 g/mol. The summed E-state index contributed by atoms with van der Waals surface area (Å²) < 4.78 is 19.2. The van der Waals surface area contributed by atoms with Gasteiger partial charge in [-0.05, 0) is 37.6 Å². The molecular formula is C18H28Cl2FN3O2. The molecular weight excluding hydrogens is 380 g/mol. The highest BCUT2D eigenvalue weighted by molar-refractivity contribution is 5.85. The lowest BCUT2D eigenvalue weighted by Gasteiger charge is -2.39. The fourth-order valence-electron chi connectivity index (χ4n) is 3.61. The highest BCUT2D eigenvalue weighted by Gasteiger charge is 2.34. The Morgan fingerprint density at radius 2 is 2.00 bits per heavy atom. The number of hydrogen-bond donors (Lipinski definition) is 1. The van der Waals surface area contributed by atoms with Gasteiger partial charge in [0.15, 0.2) is 0 Å². The number of benzene rings is 1. The summed E-state index contributed by atoms with van der Waals surface area (Å²) >= 11 is 0. The van der Waals surface area contributed by atoms with E-state index in [1.807, 2.05) is 18.0 Å². The molecule has 0 bridgehead atoms. The van der Waals surface area contributed by atoms with Gasteiger partial charge < -0.3 is 15.0 Å². The van der Waals surface area contributed by atoms with Crippen LogP contribution in [-0.2, 0) is 9.53 Å². The smallest absolute Gasteiger partial charge is 0.244 e. The van der Waals surface area contributed by atoms with Crippen molar-refractivity contribution in [3.05, 3.63) is 35.6 Å². The third-order valence-corrected chi connectivity index (χ3v) is 4.95. The minimum Gasteiger partial charge on any atom is -0.379 e. The fourth-order valence-corrected chi connectivity index (χ4v) is 3.61. The molecule has 1 aromatic carbocycles. The van der Waals surface area contributed by atoms with E-state index < -0.39 is 6.04 Å². The lowest BCUT2D eigenvalue weighted by atomic mass is 10.00. The van der Waals surface area contributed by atoms with Crippen molar-refractivity contribution >= 4 is 30.7 Å². The summed E-state index contributed by atoms with van der Waals surface area (Å²) in [7, 11) is 1.94. The summed E-state index contributed by atoms with van der Waals surface area (Å²) in [5.41, 5.74) is 0.730. The highest BCUT2D eigenvalue weighted by atomic mass is 35.5. The summed E-state index contributed by atoms with van der Waals surface area (Å²) in [6, 6.07) is 6.33. The van der Waals surface area contributed by atoms with Crippen LogP contribution in [0.5, 0.6) is 0 Å². The third-order valence-electron chi connectivity index (χ3n) is 4.95. The zero-order valence-corrected chi connectivity index (χ0v) is 16.7. The molecule has 2 saturated heterocycles. The van der Waals surface area contributed by atoms with Crippen LogP contribution in [0.1, 0.15) is 24.4 Å². The maximum Gasteiger partial charge on any atom is 0.244 e. The first-order valence-electron chi connectivity index (χ1n) is 8.72. The largest absolute Gasteiger partial charge is 0.379 e. The minimum atomic E-state index is -0.430. The van der Waals surface area contributed by atoms with Crippen LogP contribution in [-0.4, -0.2) is 68.2 Å². The van der Waals surface area contributed by atoms with Crippen LogP contribution < -0.4 is 5.32 Å². The number of nitrogens with zero attached hydrogens (tertiary/aromatic N) is 2. The van der Waals surface area contributed by atoms with Gasteiger partial charge in [-0.3, -0.25) is 9.69 Å². The zero-order valence-electron chi connectivity index (χ0n) is 15.0. The van der Waals surface area contributed by atoms with E-state index >= 15 is 0 Å². The van der Waals surface area contributed by atoms with Crippen LogP contribution in [0.15, 0.2) is 24.3 Å². The summed E-state index contributed by atoms with van der Waals surface area (Å²) in [6.07, 6.45) is 2.08. The zero-order chi connectivity index (χ0) is 16.9. The molecule has 2 fully saturated rings. The number of piperidine rings is 1. The number of carbonyl (C=O) groups excluding carboxylic acids is 1. The second kappa shape index (κ2) is 11.0. The molecule has 1 amide bonds. The summed E-state index contributed by atoms with van der Waals surface area (Å²) in [5, 5.41) is 3.27. The first-order valence-corrected chi connectivity index (χ1v) is 8.72. The van der Waals surface area contributed by atoms with Crippen LogP contribution in [0, 0.1) is 5.82 Å². The Kier molecular flexibility index (Phi) is 9.82. The highest BCUT2D eigenvalue weighted by Crippen LogP contribution is 2.26. The van der Waals surface area contributed by atoms with Gasteiger partial charge in [0, 0.05) is 32.2 Å². The molecule has 2 aliphatic rings. The normalized spacial score (nSPS) is 22.1. The first kappa shape index (κ1) is 23.1. The number of rotatable bonds is 4. The number of nitrogens with one attached hydrogen (secondary N) is 1. The van der Waals surface area contributed by atoms with E-state index in [9.17, 15) is 9.18 Å². The third kappa shape index (κ3) is 5.54. The summed E-state index contributed by atoms with van der Waals surface area (Å²) in [5.74, 6) is -0.229. The van der Waals surface area contributed by atoms with Gasteiger partial charge in [0.1, 0.15) is 11.9 Å². The number of hydrogen-bond acceptors (Lipinski definition) is 4. The number of morpholine rings is 1. The Morgan fingerprint density at radius 3 is 2.65 bits per heavy atom. The summed E-state index contributed by atoms with van der Waals surface area (Å²) in [4.78, 5) is 17.3. The number of likely N-dealkylation sites (tertiary alicyclic amines) is 1. The molecule has 0 aliphatic carbocycles. The standard InChI is InChI=1S/C18H26FN3O2.2ClH/c1-20-16-6-3-7-22(13-16)18(23)17(21-8-10-24-11-9-21)14-4-2-5-15(19)12-14;;/h2,4-5,12,16-17,20H,3,6-11,13H2,1H3;2*1H. The van der Waals surface area contributed by atoms with E-state index in [-0.39, 0.29) is 36.5 Å². The molecule has 5 nitrogen and oxygen atoms in total. The molecule has 2 aliphatic heterocycles. The van der Waals surface area contributed by atoms with Crippen molar-refractivity contribution in [3.63, 3.8) is 0 Å². The molecule has 26 heavy (non-hydrogen) atoms. The van der Waals surface area contributed by atoms with Crippen molar-refractivity contribution in [3.8, 4) is 0 Å². The molecule has 0 radical (unpaired) electrons. The number of halogens is 3. The van der Waals surface area contributed by atoms with Gasteiger partial charge >= 0.3 is 0 Å². The predicted molar refractivity (Wildman–Crippen MR) is 105 cm³/mol. The van der Waals surface area contributed by atoms with Crippen molar-refractivity contribution in [1.82, 2.24) is 15.1 Å². The van der Waals surface area contributed by atoms with E-state index in [0.717, 1.165) is 24.9 Å². The van der Waals surface area contributed by atoms with Gasteiger partial charge in [-0.2, -0.15) is 0 Å². The van der Waals surface area contributed by atoms with Gasteiger partial charge in [-0.15, -0.1) is 24.8 Å². The van der Waals surface area contributed by atoms with Gasteiger partial charge in [0.2, 0.25) is 5.91 Å². The second-order valence-corrected chi connectivity index (χ2v) is 6.52. The molecule has 2 atom stereocenters. The van der Waals surface area contributed by atoms with Crippen LogP contribution in [0.4, 0.5) is 4.39 Å². The topological polar surface area (TPSA) is 44.8 Å². The number of ether oxygens (including phenoxy) is 1. The molecule has 148 valence electrons. The van der Waals surface area contributed by atoms with E-state index in [4.69, 9.17) is 4.74 Å². The van der Waals surface area contributed by atoms with Crippen LogP contribution in [0.2, 0.25) is 0 Å². The van der Waals surface area contributed by atoms with Gasteiger partial charge in [0.05, 0.1) is 13.2 Å². The van der Waals surface area contributed by atoms with Gasteiger partial charge in [0.25, 0.3) is 0 Å². The second-order valence-electron chi connectivity index (χ2n) is 6.52. The molecule has 1 N–H and O–H groups in total. The molecule has 0 spiro atoms. The maximum absolute atomic E-state index is 13.7. The predicted octanol–water partition coefficient (Wildman–Crippen LogP) is 2.25. The van der Waals surface area contributed by atoms with Crippen molar-refractivity contribution in [1.29, 1.82) is 0 Å². The molecule has 0 aromatic heterocycles. The fraction of sp³-hybridized carbons (Fsp3) is 0.611.